The van der Waals surface area contributed by atoms with E-state index in [1.54, 1.807) is 0 Å². The molecule has 0 aliphatic rings. The van der Waals surface area contributed by atoms with Crippen LogP contribution in [0.5, 0.6) is 0 Å². The number of fused-ring (bicyclic) bond motifs is 1. The van der Waals surface area contributed by atoms with Gasteiger partial charge < -0.3 is 10.1 Å². The lowest BCUT2D eigenvalue weighted by atomic mass is 10.3. The summed E-state index contributed by atoms with van der Waals surface area (Å²) in [5.74, 6) is -0.148. The van der Waals surface area contributed by atoms with Crippen LogP contribution < -0.4 is 0 Å². The van der Waals surface area contributed by atoms with Crippen molar-refractivity contribution in [2.75, 3.05) is 0 Å². The fourth-order valence-corrected chi connectivity index (χ4v) is 1.38. The molecule has 78 valence electrons. The molecule has 0 radical (unpaired) electrons. The second-order valence-corrected chi connectivity index (χ2v) is 3.40. The topological polar surface area (TPSA) is 78.9 Å². The maximum absolute atomic E-state index is 10.4. The Bertz CT molecular complexity index is 504. The summed E-state index contributed by atoms with van der Waals surface area (Å²) in [5, 5.41) is 8.54. The number of nitrogens with zero attached hydrogens (tertiary/aromatic N) is 2. The number of hydrogen-bond donors (Lipinski definition) is 2. The van der Waals surface area contributed by atoms with E-state index in [-0.39, 0.29) is 6.42 Å². The largest absolute Gasteiger partial charge is 0.481 e. The van der Waals surface area contributed by atoms with Gasteiger partial charge in [0.05, 0.1) is 11.9 Å². The van der Waals surface area contributed by atoms with Crippen molar-refractivity contribution in [1.82, 2.24) is 15.0 Å². The van der Waals surface area contributed by atoms with Crippen molar-refractivity contribution in [3.8, 4) is 0 Å². The molecule has 2 N–H and O–H groups in total. The van der Waals surface area contributed by atoms with Crippen molar-refractivity contribution in [3.63, 3.8) is 0 Å². The SMILES string of the molecule is Cc1ccc2[nH]c(CCC(=O)O)nc2n1. The smallest absolute Gasteiger partial charge is 0.303 e. The van der Waals surface area contributed by atoms with Crippen molar-refractivity contribution in [3.05, 3.63) is 23.7 Å². The van der Waals surface area contributed by atoms with Crippen LogP contribution in [-0.2, 0) is 11.2 Å². The number of aromatic amines is 1. The molecule has 0 amide bonds. The van der Waals surface area contributed by atoms with Crippen LogP contribution in [0.4, 0.5) is 0 Å². The van der Waals surface area contributed by atoms with Crippen molar-refractivity contribution < 1.29 is 9.90 Å². The van der Waals surface area contributed by atoms with E-state index in [0.717, 1.165) is 11.2 Å². The highest BCUT2D eigenvalue weighted by molar-refractivity contribution is 5.71. The first-order valence-electron chi connectivity index (χ1n) is 4.69. The molecule has 2 aromatic rings. The van der Waals surface area contributed by atoms with Gasteiger partial charge in [0.2, 0.25) is 0 Å². The van der Waals surface area contributed by atoms with E-state index in [1.807, 2.05) is 19.1 Å². The Labute approximate surface area is 86.2 Å². The average molecular weight is 205 g/mol. The monoisotopic (exact) mass is 205 g/mol. The first-order valence-corrected chi connectivity index (χ1v) is 4.69. The van der Waals surface area contributed by atoms with Gasteiger partial charge in [-0.25, -0.2) is 9.97 Å². The molecule has 0 fully saturated rings. The number of H-pyrrole nitrogens is 1. The van der Waals surface area contributed by atoms with Crippen LogP contribution in [0.15, 0.2) is 12.1 Å². The van der Waals surface area contributed by atoms with Crippen molar-refractivity contribution in [2.45, 2.75) is 19.8 Å². The van der Waals surface area contributed by atoms with Gasteiger partial charge in [0.15, 0.2) is 5.65 Å². The molecular formula is C10H11N3O2. The number of pyridine rings is 1. The number of imidazole rings is 1. The lowest BCUT2D eigenvalue weighted by Crippen LogP contribution is -1.98. The van der Waals surface area contributed by atoms with Gasteiger partial charge in [-0.2, -0.15) is 0 Å². The van der Waals surface area contributed by atoms with Gasteiger partial charge in [-0.05, 0) is 19.1 Å². The van der Waals surface area contributed by atoms with E-state index < -0.39 is 5.97 Å². The maximum atomic E-state index is 10.4. The second-order valence-electron chi connectivity index (χ2n) is 3.40. The van der Waals surface area contributed by atoms with Crippen molar-refractivity contribution >= 4 is 17.1 Å². The molecule has 0 aliphatic carbocycles. The highest BCUT2D eigenvalue weighted by Gasteiger charge is 2.05. The molecule has 2 rings (SSSR count). The average Bonchev–Trinajstić information content (AvgIpc) is 2.56. The number of aryl methyl sites for hydroxylation is 2. The van der Waals surface area contributed by atoms with E-state index >= 15 is 0 Å². The van der Waals surface area contributed by atoms with Crippen LogP contribution >= 0.6 is 0 Å². The molecule has 0 unspecified atom stereocenters. The predicted octanol–water partition coefficient (Wildman–Crippen LogP) is 1.28. The van der Waals surface area contributed by atoms with Gasteiger partial charge in [-0.3, -0.25) is 4.79 Å². The van der Waals surface area contributed by atoms with Crippen LogP contribution in [0.1, 0.15) is 17.9 Å². The predicted molar refractivity (Wildman–Crippen MR) is 54.6 cm³/mol. The van der Waals surface area contributed by atoms with E-state index in [9.17, 15) is 4.79 Å². The van der Waals surface area contributed by atoms with Gasteiger partial charge >= 0.3 is 5.97 Å². The number of carbonyl (C=O) groups is 1. The van der Waals surface area contributed by atoms with Crippen LogP contribution in [-0.4, -0.2) is 26.0 Å². The minimum Gasteiger partial charge on any atom is -0.481 e. The Morgan fingerprint density at radius 2 is 2.27 bits per heavy atom. The molecule has 5 heteroatoms. The van der Waals surface area contributed by atoms with Gasteiger partial charge in [0.1, 0.15) is 5.82 Å². The number of rotatable bonds is 3. The molecule has 0 aliphatic heterocycles. The summed E-state index contributed by atoms with van der Waals surface area (Å²) in [4.78, 5) is 21.9. The van der Waals surface area contributed by atoms with Crippen LogP contribution in [0, 0.1) is 6.92 Å². The summed E-state index contributed by atoms with van der Waals surface area (Å²) in [5.41, 5.74) is 2.40. The normalized spacial score (nSPS) is 10.7. The molecule has 2 heterocycles. The Morgan fingerprint density at radius 1 is 1.47 bits per heavy atom. The fourth-order valence-electron chi connectivity index (χ4n) is 1.38. The lowest BCUT2D eigenvalue weighted by molar-refractivity contribution is -0.137. The van der Waals surface area contributed by atoms with Crippen molar-refractivity contribution in [1.29, 1.82) is 0 Å². The summed E-state index contributed by atoms with van der Waals surface area (Å²) in [7, 11) is 0. The highest BCUT2D eigenvalue weighted by Crippen LogP contribution is 2.10. The zero-order valence-corrected chi connectivity index (χ0v) is 8.32. The van der Waals surface area contributed by atoms with Gasteiger partial charge in [-0.15, -0.1) is 0 Å². The zero-order valence-electron chi connectivity index (χ0n) is 8.32. The van der Waals surface area contributed by atoms with Gasteiger partial charge in [-0.1, -0.05) is 0 Å². The number of carboxylic acid groups (broad SMARTS) is 1. The van der Waals surface area contributed by atoms with E-state index in [4.69, 9.17) is 5.11 Å². The summed E-state index contributed by atoms with van der Waals surface area (Å²) >= 11 is 0. The van der Waals surface area contributed by atoms with E-state index in [0.29, 0.717) is 17.9 Å². The fraction of sp³-hybridized carbons (Fsp3) is 0.300. The number of carboxylic acids is 1. The van der Waals surface area contributed by atoms with Gasteiger partial charge in [0, 0.05) is 12.1 Å². The third-order valence-electron chi connectivity index (χ3n) is 2.11. The Hall–Kier alpha value is -1.91. The van der Waals surface area contributed by atoms with E-state index in [1.165, 1.54) is 0 Å². The minimum atomic E-state index is -0.820. The van der Waals surface area contributed by atoms with Crippen LogP contribution in [0.2, 0.25) is 0 Å². The first kappa shape index (κ1) is 9.64. The summed E-state index contributed by atoms with van der Waals surface area (Å²) in [6.45, 7) is 1.89. The quantitative estimate of drug-likeness (QED) is 0.791. The number of aliphatic carboxylic acids is 1. The number of aromatic nitrogens is 3. The molecular weight excluding hydrogens is 194 g/mol. The highest BCUT2D eigenvalue weighted by atomic mass is 16.4. The second kappa shape index (κ2) is 3.68. The van der Waals surface area contributed by atoms with Crippen LogP contribution in [0.25, 0.3) is 11.2 Å². The van der Waals surface area contributed by atoms with Gasteiger partial charge in [0.25, 0.3) is 0 Å². The molecule has 0 aromatic carbocycles. The summed E-state index contributed by atoms with van der Waals surface area (Å²) in [6.07, 6.45) is 0.490. The Morgan fingerprint density at radius 3 is 3.00 bits per heavy atom. The molecule has 0 bridgehead atoms. The molecule has 0 spiro atoms. The van der Waals surface area contributed by atoms with Crippen molar-refractivity contribution in [2.24, 2.45) is 0 Å². The first-order chi connectivity index (χ1) is 7.15. The summed E-state index contributed by atoms with van der Waals surface area (Å²) < 4.78 is 0. The molecule has 2 aromatic heterocycles. The lowest BCUT2D eigenvalue weighted by Gasteiger charge is -1.89. The molecule has 0 atom stereocenters. The molecule has 0 saturated carbocycles. The Kier molecular flexibility index (Phi) is 2.37. The maximum Gasteiger partial charge on any atom is 0.303 e. The Balaban J connectivity index is 2.27. The standard InChI is InChI=1S/C10H11N3O2/c1-6-2-3-7-10(11-6)13-8(12-7)4-5-9(14)15/h2-3H,4-5H2,1H3,(H,14,15)(H,11,12,13). The minimum absolute atomic E-state index is 0.0821. The third kappa shape index (κ3) is 2.12. The molecule has 0 saturated heterocycles. The molecule has 15 heavy (non-hydrogen) atoms. The number of nitrogens with one attached hydrogen (secondary N) is 1. The van der Waals surface area contributed by atoms with Crippen LogP contribution in [0.3, 0.4) is 0 Å². The third-order valence-corrected chi connectivity index (χ3v) is 2.11. The number of hydrogen-bond acceptors (Lipinski definition) is 3. The van der Waals surface area contributed by atoms with E-state index in [2.05, 4.69) is 15.0 Å². The zero-order chi connectivity index (χ0) is 10.8. The molecule has 5 nitrogen and oxygen atoms in total. The summed E-state index contributed by atoms with van der Waals surface area (Å²) in [6, 6.07) is 3.79.